The van der Waals surface area contributed by atoms with Gasteiger partial charge in [0.25, 0.3) is 5.91 Å². The van der Waals surface area contributed by atoms with Gasteiger partial charge in [0.1, 0.15) is 0 Å². The molecule has 25 heavy (non-hydrogen) atoms. The summed E-state index contributed by atoms with van der Waals surface area (Å²) in [5, 5.41) is 9.13. The summed E-state index contributed by atoms with van der Waals surface area (Å²) in [5.41, 5.74) is 2.20. The Bertz CT molecular complexity index is 834. The Morgan fingerprint density at radius 3 is 2.76 bits per heavy atom. The van der Waals surface area contributed by atoms with Crippen LogP contribution in [0.15, 0.2) is 36.4 Å². The molecule has 0 fully saturated rings. The zero-order valence-electron chi connectivity index (χ0n) is 13.8. The van der Waals surface area contributed by atoms with E-state index in [-0.39, 0.29) is 35.9 Å². The Hall–Kier alpha value is -2.89. The zero-order valence-corrected chi connectivity index (χ0v) is 13.8. The number of ether oxygens (including phenoxy) is 1. The van der Waals surface area contributed by atoms with Crippen molar-refractivity contribution in [2.45, 2.75) is 19.9 Å². The fraction of sp³-hybridized carbons (Fsp3) is 0.263. The number of benzene rings is 2. The summed E-state index contributed by atoms with van der Waals surface area (Å²) in [7, 11) is 0. The highest BCUT2D eigenvalue weighted by molar-refractivity contribution is 5.97. The van der Waals surface area contributed by atoms with Crippen molar-refractivity contribution in [2.24, 2.45) is 0 Å². The number of fused-ring (bicyclic) bond motifs is 1. The monoisotopic (exact) mass is 343 g/mol. The fourth-order valence-corrected chi connectivity index (χ4v) is 3.00. The minimum Gasteiger partial charge on any atom is -0.490 e. The standard InChI is InChI=1S/C19H18FNO4/c1-2-25-17-15(4-3-5-16(17)20)18(22)21-9-8-12-6-7-13(19(23)24)10-14(12)11-21/h3-7,10H,2,8-9,11H2,1H3,(H,23,24). The van der Waals surface area contributed by atoms with E-state index in [4.69, 9.17) is 9.84 Å². The molecule has 0 atom stereocenters. The molecule has 0 saturated heterocycles. The van der Waals surface area contributed by atoms with Gasteiger partial charge in [0, 0.05) is 13.1 Å². The predicted octanol–water partition coefficient (Wildman–Crippen LogP) is 3.12. The minimum atomic E-state index is -1.00. The van der Waals surface area contributed by atoms with Crippen LogP contribution in [-0.4, -0.2) is 35.0 Å². The van der Waals surface area contributed by atoms with Crippen molar-refractivity contribution in [3.63, 3.8) is 0 Å². The van der Waals surface area contributed by atoms with Crippen molar-refractivity contribution < 1.29 is 23.8 Å². The Morgan fingerprint density at radius 2 is 2.04 bits per heavy atom. The number of aromatic carboxylic acids is 1. The van der Waals surface area contributed by atoms with E-state index in [0.717, 1.165) is 11.1 Å². The average Bonchev–Trinajstić information content (AvgIpc) is 2.62. The van der Waals surface area contributed by atoms with Gasteiger partial charge < -0.3 is 14.7 Å². The van der Waals surface area contributed by atoms with E-state index in [1.807, 2.05) is 0 Å². The SMILES string of the molecule is CCOc1c(F)cccc1C(=O)N1CCc2ccc(C(=O)O)cc2C1. The van der Waals surface area contributed by atoms with Gasteiger partial charge in [-0.2, -0.15) is 0 Å². The minimum absolute atomic E-state index is 0.0416. The topological polar surface area (TPSA) is 66.8 Å². The van der Waals surface area contributed by atoms with Crippen molar-refractivity contribution in [1.82, 2.24) is 4.90 Å². The van der Waals surface area contributed by atoms with E-state index in [9.17, 15) is 14.0 Å². The summed E-state index contributed by atoms with van der Waals surface area (Å²) in [6.07, 6.45) is 0.625. The number of nitrogens with zero attached hydrogens (tertiary/aromatic N) is 1. The second-order valence-electron chi connectivity index (χ2n) is 5.81. The number of hydrogen-bond acceptors (Lipinski definition) is 3. The maximum atomic E-state index is 14.0. The van der Waals surface area contributed by atoms with Gasteiger partial charge in [0.05, 0.1) is 17.7 Å². The number of halogens is 1. The van der Waals surface area contributed by atoms with E-state index in [2.05, 4.69) is 0 Å². The molecule has 130 valence electrons. The first-order valence-electron chi connectivity index (χ1n) is 8.07. The highest BCUT2D eigenvalue weighted by Gasteiger charge is 2.26. The van der Waals surface area contributed by atoms with Crippen LogP contribution in [-0.2, 0) is 13.0 Å². The lowest BCUT2D eigenvalue weighted by atomic mass is 9.96. The normalized spacial score (nSPS) is 13.3. The van der Waals surface area contributed by atoms with Crippen LogP contribution in [0, 0.1) is 5.82 Å². The average molecular weight is 343 g/mol. The van der Waals surface area contributed by atoms with Gasteiger partial charge in [0.2, 0.25) is 0 Å². The highest BCUT2D eigenvalue weighted by Crippen LogP contribution is 2.27. The quantitative estimate of drug-likeness (QED) is 0.926. The summed E-state index contributed by atoms with van der Waals surface area (Å²) in [6.45, 7) is 2.76. The third kappa shape index (κ3) is 3.33. The number of rotatable bonds is 4. The van der Waals surface area contributed by atoms with Gasteiger partial charge in [-0.25, -0.2) is 9.18 Å². The molecule has 0 saturated carbocycles. The number of carboxylic acid groups (broad SMARTS) is 1. The van der Waals surface area contributed by atoms with E-state index >= 15 is 0 Å². The lowest BCUT2D eigenvalue weighted by Crippen LogP contribution is -2.36. The van der Waals surface area contributed by atoms with Crippen LogP contribution < -0.4 is 4.74 Å². The second kappa shape index (κ2) is 6.93. The lowest BCUT2D eigenvalue weighted by Gasteiger charge is -2.29. The number of para-hydroxylation sites is 1. The van der Waals surface area contributed by atoms with Crippen LogP contribution >= 0.6 is 0 Å². The van der Waals surface area contributed by atoms with Crippen molar-refractivity contribution in [3.8, 4) is 5.75 Å². The molecule has 1 N–H and O–H groups in total. The summed E-state index contributed by atoms with van der Waals surface area (Å²) < 4.78 is 19.3. The first kappa shape index (κ1) is 17.0. The molecule has 1 aliphatic rings. The van der Waals surface area contributed by atoms with Crippen LogP contribution in [0.1, 0.15) is 38.8 Å². The molecule has 1 heterocycles. The van der Waals surface area contributed by atoms with Gasteiger partial charge in [-0.15, -0.1) is 0 Å². The highest BCUT2D eigenvalue weighted by atomic mass is 19.1. The van der Waals surface area contributed by atoms with Crippen molar-refractivity contribution in [1.29, 1.82) is 0 Å². The van der Waals surface area contributed by atoms with Crippen molar-refractivity contribution in [2.75, 3.05) is 13.2 Å². The van der Waals surface area contributed by atoms with E-state index in [0.29, 0.717) is 13.0 Å². The molecular weight excluding hydrogens is 325 g/mol. The van der Waals surface area contributed by atoms with Crippen LogP contribution in [0.3, 0.4) is 0 Å². The summed E-state index contributed by atoms with van der Waals surface area (Å²) in [5.74, 6) is -1.94. The molecule has 2 aromatic rings. The van der Waals surface area contributed by atoms with Crippen molar-refractivity contribution >= 4 is 11.9 Å². The first-order valence-corrected chi connectivity index (χ1v) is 8.07. The van der Waals surface area contributed by atoms with E-state index in [1.54, 1.807) is 36.1 Å². The molecular formula is C19H18FNO4. The summed E-state index contributed by atoms with van der Waals surface area (Å²) in [6, 6.07) is 9.22. The number of carboxylic acids is 1. The summed E-state index contributed by atoms with van der Waals surface area (Å²) >= 11 is 0. The lowest BCUT2D eigenvalue weighted by molar-refractivity contribution is 0.0696. The Morgan fingerprint density at radius 1 is 1.24 bits per heavy atom. The van der Waals surface area contributed by atoms with Crippen LogP contribution in [0.5, 0.6) is 5.75 Å². The molecule has 3 rings (SSSR count). The maximum absolute atomic E-state index is 14.0. The van der Waals surface area contributed by atoms with Gasteiger partial charge in [-0.05, 0) is 48.7 Å². The van der Waals surface area contributed by atoms with Gasteiger partial charge in [-0.3, -0.25) is 4.79 Å². The molecule has 6 heteroatoms. The van der Waals surface area contributed by atoms with E-state index < -0.39 is 11.8 Å². The molecule has 0 aromatic heterocycles. The Balaban J connectivity index is 1.89. The van der Waals surface area contributed by atoms with Crippen LogP contribution in [0.4, 0.5) is 4.39 Å². The molecule has 2 aromatic carbocycles. The first-order chi connectivity index (χ1) is 12.0. The molecule has 0 bridgehead atoms. The zero-order chi connectivity index (χ0) is 18.0. The molecule has 0 spiro atoms. The number of carbonyl (C=O) groups is 2. The van der Waals surface area contributed by atoms with Gasteiger partial charge in [0.15, 0.2) is 11.6 Å². The molecule has 0 aliphatic carbocycles. The smallest absolute Gasteiger partial charge is 0.335 e. The van der Waals surface area contributed by atoms with Gasteiger partial charge >= 0.3 is 5.97 Å². The predicted molar refractivity (Wildman–Crippen MR) is 89.4 cm³/mol. The summed E-state index contributed by atoms with van der Waals surface area (Å²) in [4.78, 5) is 25.6. The van der Waals surface area contributed by atoms with Crippen molar-refractivity contribution in [3.05, 3.63) is 64.5 Å². The second-order valence-corrected chi connectivity index (χ2v) is 5.81. The molecule has 1 amide bonds. The third-order valence-corrected chi connectivity index (χ3v) is 4.24. The molecule has 0 radical (unpaired) electrons. The fourth-order valence-electron chi connectivity index (χ4n) is 3.00. The number of hydrogen-bond donors (Lipinski definition) is 1. The molecule has 5 nitrogen and oxygen atoms in total. The van der Waals surface area contributed by atoms with E-state index in [1.165, 1.54) is 12.1 Å². The number of amides is 1. The largest absolute Gasteiger partial charge is 0.490 e. The molecule has 0 unspecified atom stereocenters. The van der Waals surface area contributed by atoms with Gasteiger partial charge in [-0.1, -0.05) is 12.1 Å². The maximum Gasteiger partial charge on any atom is 0.335 e. The Labute approximate surface area is 144 Å². The number of carbonyl (C=O) groups excluding carboxylic acids is 1. The van der Waals surface area contributed by atoms with Crippen LogP contribution in [0.2, 0.25) is 0 Å². The van der Waals surface area contributed by atoms with Crippen LogP contribution in [0.25, 0.3) is 0 Å². The third-order valence-electron chi connectivity index (χ3n) is 4.24. The molecule has 1 aliphatic heterocycles. The Kier molecular flexibility index (Phi) is 4.70.